The van der Waals surface area contributed by atoms with E-state index in [2.05, 4.69) is 18.7 Å². The second-order valence-corrected chi connectivity index (χ2v) is 5.67. The van der Waals surface area contributed by atoms with E-state index in [0.29, 0.717) is 6.42 Å². The number of rotatable bonds is 8. The van der Waals surface area contributed by atoms with Crippen molar-refractivity contribution in [2.75, 3.05) is 13.1 Å². The lowest BCUT2D eigenvalue weighted by Crippen LogP contribution is -2.54. The Bertz CT molecular complexity index is 438. The number of aliphatic carboxylic acids is 1. The molecule has 20 heavy (non-hydrogen) atoms. The van der Waals surface area contributed by atoms with Crippen molar-refractivity contribution in [3.05, 3.63) is 35.4 Å². The highest BCUT2D eigenvalue weighted by molar-refractivity contribution is 5.78. The zero-order chi connectivity index (χ0) is 15.2. The lowest BCUT2D eigenvalue weighted by atomic mass is 9.88. The minimum absolute atomic E-state index is 0.551. The van der Waals surface area contributed by atoms with Crippen LogP contribution in [0.2, 0.25) is 0 Å². The molecule has 0 saturated carbocycles. The van der Waals surface area contributed by atoms with Crippen molar-refractivity contribution in [3.8, 4) is 0 Å². The normalized spacial score (nSPS) is 14.2. The molecule has 1 rings (SSSR count). The van der Waals surface area contributed by atoms with Crippen LogP contribution in [0.15, 0.2) is 24.3 Å². The van der Waals surface area contributed by atoms with Crippen LogP contribution in [-0.4, -0.2) is 34.6 Å². The quantitative estimate of drug-likeness (QED) is 0.790. The summed E-state index contributed by atoms with van der Waals surface area (Å²) in [7, 11) is 0. The Labute approximate surface area is 122 Å². The third-order valence-electron chi connectivity index (χ3n) is 3.94. The SMILES string of the molecule is CCCN(CCC)C(C)(Cc1ccccc1C)C(=O)O. The lowest BCUT2D eigenvalue weighted by molar-refractivity contribution is -0.150. The fraction of sp³-hybridized carbons (Fsp3) is 0.588. The van der Waals surface area contributed by atoms with Gasteiger partial charge >= 0.3 is 5.97 Å². The first kappa shape index (κ1) is 16.7. The number of carbonyl (C=O) groups is 1. The van der Waals surface area contributed by atoms with Crippen LogP contribution in [0.3, 0.4) is 0 Å². The minimum atomic E-state index is -0.835. The molecule has 1 aromatic carbocycles. The molecule has 3 nitrogen and oxygen atoms in total. The van der Waals surface area contributed by atoms with Gasteiger partial charge in [0.25, 0.3) is 0 Å². The Morgan fingerprint density at radius 3 is 2.20 bits per heavy atom. The molecule has 3 heteroatoms. The second-order valence-electron chi connectivity index (χ2n) is 5.67. The van der Waals surface area contributed by atoms with Crippen LogP contribution in [0.25, 0.3) is 0 Å². The number of hydrogen-bond donors (Lipinski definition) is 1. The Balaban J connectivity index is 3.07. The molecule has 0 amide bonds. The molecule has 0 heterocycles. The van der Waals surface area contributed by atoms with Gasteiger partial charge < -0.3 is 5.11 Å². The molecule has 0 aromatic heterocycles. The van der Waals surface area contributed by atoms with Crippen molar-refractivity contribution in [1.29, 1.82) is 0 Å². The topological polar surface area (TPSA) is 40.5 Å². The maximum Gasteiger partial charge on any atom is 0.324 e. The molecule has 0 radical (unpaired) electrons. The summed E-state index contributed by atoms with van der Waals surface area (Å²) >= 11 is 0. The number of carboxylic acids is 1. The average Bonchev–Trinajstić information content (AvgIpc) is 2.41. The molecule has 1 atom stereocenters. The molecule has 1 N–H and O–H groups in total. The molecule has 0 saturated heterocycles. The van der Waals surface area contributed by atoms with E-state index in [4.69, 9.17) is 0 Å². The van der Waals surface area contributed by atoms with Gasteiger partial charge in [0, 0.05) is 6.42 Å². The van der Waals surface area contributed by atoms with E-state index in [9.17, 15) is 9.90 Å². The van der Waals surface area contributed by atoms with Crippen LogP contribution in [0.5, 0.6) is 0 Å². The van der Waals surface area contributed by atoms with Gasteiger partial charge in [-0.25, -0.2) is 0 Å². The van der Waals surface area contributed by atoms with E-state index in [1.165, 1.54) is 0 Å². The van der Waals surface area contributed by atoms with Crippen molar-refractivity contribution in [2.24, 2.45) is 0 Å². The van der Waals surface area contributed by atoms with Crippen molar-refractivity contribution in [3.63, 3.8) is 0 Å². The second kappa shape index (κ2) is 7.44. The number of nitrogens with zero attached hydrogens (tertiary/aromatic N) is 1. The molecule has 0 aliphatic heterocycles. The van der Waals surface area contributed by atoms with E-state index in [0.717, 1.165) is 37.1 Å². The molecule has 0 aliphatic carbocycles. The van der Waals surface area contributed by atoms with Gasteiger partial charge in [-0.2, -0.15) is 0 Å². The van der Waals surface area contributed by atoms with Crippen molar-refractivity contribution in [1.82, 2.24) is 4.90 Å². The molecular weight excluding hydrogens is 250 g/mol. The monoisotopic (exact) mass is 277 g/mol. The Morgan fingerprint density at radius 2 is 1.75 bits per heavy atom. The van der Waals surface area contributed by atoms with Gasteiger partial charge in [0.2, 0.25) is 0 Å². The Hall–Kier alpha value is -1.35. The number of carboxylic acid groups (broad SMARTS) is 1. The van der Waals surface area contributed by atoms with E-state index < -0.39 is 11.5 Å². The van der Waals surface area contributed by atoms with Crippen LogP contribution >= 0.6 is 0 Å². The molecule has 0 fully saturated rings. The van der Waals surface area contributed by atoms with Gasteiger partial charge in [0.05, 0.1) is 0 Å². The summed E-state index contributed by atoms with van der Waals surface area (Å²) in [6, 6.07) is 8.05. The van der Waals surface area contributed by atoms with Crippen molar-refractivity contribution in [2.45, 2.75) is 52.5 Å². The molecule has 0 bridgehead atoms. The summed E-state index contributed by atoms with van der Waals surface area (Å²) in [5, 5.41) is 9.77. The maximum atomic E-state index is 11.9. The summed E-state index contributed by atoms with van der Waals surface area (Å²) in [5.74, 6) is -0.734. The molecule has 1 unspecified atom stereocenters. The summed E-state index contributed by atoms with van der Waals surface area (Å²) in [5.41, 5.74) is 1.44. The molecule has 0 spiro atoms. The zero-order valence-electron chi connectivity index (χ0n) is 13.1. The first-order chi connectivity index (χ1) is 9.45. The highest BCUT2D eigenvalue weighted by Gasteiger charge is 2.39. The highest BCUT2D eigenvalue weighted by atomic mass is 16.4. The molecular formula is C17H27NO2. The maximum absolute atomic E-state index is 11.9. The summed E-state index contributed by atoms with van der Waals surface area (Å²) in [4.78, 5) is 14.0. The predicted octanol–water partition coefficient (Wildman–Crippen LogP) is 3.50. The first-order valence-corrected chi connectivity index (χ1v) is 7.48. The number of aryl methyl sites for hydroxylation is 1. The summed E-state index contributed by atoms with van der Waals surface area (Å²) < 4.78 is 0. The predicted molar refractivity (Wildman–Crippen MR) is 83.1 cm³/mol. The highest BCUT2D eigenvalue weighted by Crippen LogP contribution is 2.24. The number of benzene rings is 1. The zero-order valence-corrected chi connectivity index (χ0v) is 13.1. The van der Waals surface area contributed by atoms with Crippen LogP contribution in [-0.2, 0) is 11.2 Å². The van der Waals surface area contributed by atoms with E-state index in [1.54, 1.807) is 0 Å². The molecule has 112 valence electrons. The van der Waals surface area contributed by atoms with Gasteiger partial charge in [-0.1, -0.05) is 38.1 Å². The van der Waals surface area contributed by atoms with Gasteiger partial charge in [-0.05, 0) is 50.9 Å². The third-order valence-corrected chi connectivity index (χ3v) is 3.94. The number of hydrogen-bond acceptors (Lipinski definition) is 2. The van der Waals surface area contributed by atoms with Crippen LogP contribution in [0, 0.1) is 6.92 Å². The third kappa shape index (κ3) is 3.83. The van der Waals surface area contributed by atoms with Crippen LogP contribution in [0.1, 0.15) is 44.7 Å². The summed E-state index contributed by atoms with van der Waals surface area (Å²) in [6.45, 7) is 9.73. The van der Waals surface area contributed by atoms with Gasteiger partial charge in [0.1, 0.15) is 5.54 Å². The Kier molecular flexibility index (Phi) is 6.21. The van der Waals surface area contributed by atoms with Crippen molar-refractivity contribution < 1.29 is 9.90 Å². The van der Waals surface area contributed by atoms with E-state index in [-0.39, 0.29) is 0 Å². The van der Waals surface area contributed by atoms with Crippen molar-refractivity contribution >= 4 is 5.97 Å². The summed E-state index contributed by atoms with van der Waals surface area (Å²) in [6.07, 6.45) is 2.49. The van der Waals surface area contributed by atoms with E-state index >= 15 is 0 Å². The van der Waals surface area contributed by atoms with Gasteiger partial charge in [-0.3, -0.25) is 9.69 Å². The fourth-order valence-corrected chi connectivity index (χ4v) is 2.65. The van der Waals surface area contributed by atoms with E-state index in [1.807, 2.05) is 38.1 Å². The fourth-order valence-electron chi connectivity index (χ4n) is 2.65. The lowest BCUT2D eigenvalue weighted by Gasteiger charge is -2.38. The Morgan fingerprint density at radius 1 is 1.20 bits per heavy atom. The van der Waals surface area contributed by atoms with Crippen LogP contribution < -0.4 is 0 Å². The van der Waals surface area contributed by atoms with Crippen LogP contribution in [0.4, 0.5) is 0 Å². The molecule has 1 aromatic rings. The van der Waals surface area contributed by atoms with Gasteiger partial charge in [-0.15, -0.1) is 0 Å². The van der Waals surface area contributed by atoms with Gasteiger partial charge in [0.15, 0.2) is 0 Å². The standard InChI is InChI=1S/C17H27NO2/c1-5-11-18(12-6-2)17(4,16(19)20)13-15-10-8-7-9-14(15)3/h7-10H,5-6,11-13H2,1-4H3,(H,19,20). The average molecular weight is 277 g/mol. The largest absolute Gasteiger partial charge is 0.480 e. The smallest absolute Gasteiger partial charge is 0.324 e. The molecule has 0 aliphatic rings. The first-order valence-electron chi connectivity index (χ1n) is 7.48. The minimum Gasteiger partial charge on any atom is -0.480 e.